The van der Waals surface area contributed by atoms with E-state index in [1.807, 2.05) is 0 Å². The molecule has 0 bridgehead atoms. The topological polar surface area (TPSA) is 207 Å². The lowest BCUT2D eigenvalue weighted by Crippen LogP contribution is -2.55. The molecule has 11 heteroatoms. The molecule has 11 nitrogen and oxygen atoms in total. The van der Waals surface area contributed by atoms with Gasteiger partial charge in [0.2, 0.25) is 0 Å². The summed E-state index contributed by atoms with van der Waals surface area (Å²) >= 11 is 0. The standard InChI is InChI=1S/C12H25N3O3.C5H10O4.CH4O/c13-6-8-2-1-3-11(17-8)18-12-9(15)4-7(14)5-10(12)16;6-3-1-4(7)5(8)9-2-3;1-2/h7-12,16H,1-6,13-15H2;3-8H,1-2H2;2H,1H3/t7?,8?,9?,10?,11-,12-;;/m1../s1. The van der Waals surface area contributed by atoms with Crippen LogP contribution in [-0.2, 0) is 14.2 Å². The lowest BCUT2D eigenvalue weighted by Gasteiger charge is -2.39. The molecule has 2 aliphatic heterocycles. The smallest absolute Gasteiger partial charge is 0.181 e. The van der Waals surface area contributed by atoms with Crippen molar-refractivity contribution in [1.29, 1.82) is 0 Å². The Hall–Kier alpha value is -0.440. The maximum absolute atomic E-state index is 10.00. The van der Waals surface area contributed by atoms with E-state index >= 15 is 0 Å². The van der Waals surface area contributed by atoms with Crippen LogP contribution in [0.25, 0.3) is 0 Å². The molecule has 1 saturated carbocycles. The summed E-state index contributed by atoms with van der Waals surface area (Å²) in [6, 6.07) is -0.274. The largest absolute Gasteiger partial charge is 0.400 e. The van der Waals surface area contributed by atoms with E-state index in [2.05, 4.69) is 4.74 Å². The van der Waals surface area contributed by atoms with Crippen LogP contribution in [0.4, 0.5) is 0 Å². The Morgan fingerprint density at radius 3 is 2.21 bits per heavy atom. The van der Waals surface area contributed by atoms with Gasteiger partial charge in [-0.2, -0.15) is 0 Å². The minimum Gasteiger partial charge on any atom is -0.400 e. The summed E-state index contributed by atoms with van der Waals surface area (Å²) in [5, 5.41) is 43.3. The molecule has 3 aliphatic rings. The molecular formula is C18H39N3O8. The SMILES string of the molecule is CO.NCC1CCC[C@@H](O[C@@H]2C(N)CC(N)CC2O)O1.OC1COC(O)C(O)C1. The third kappa shape index (κ3) is 9.07. The summed E-state index contributed by atoms with van der Waals surface area (Å²) in [5.41, 5.74) is 17.4. The molecule has 0 spiro atoms. The monoisotopic (exact) mass is 425 g/mol. The Morgan fingerprint density at radius 2 is 1.66 bits per heavy atom. The molecule has 2 saturated heterocycles. The molecule has 0 aromatic heterocycles. The summed E-state index contributed by atoms with van der Waals surface area (Å²) in [6.45, 7) is 0.613. The molecule has 0 aromatic carbocycles. The average molecular weight is 426 g/mol. The molecule has 3 fully saturated rings. The predicted octanol–water partition coefficient (Wildman–Crippen LogP) is -2.91. The van der Waals surface area contributed by atoms with E-state index in [4.69, 9.17) is 47.1 Å². The predicted molar refractivity (Wildman–Crippen MR) is 104 cm³/mol. The lowest BCUT2D eigenvalue weighted by molar-refractivity contribution is -0.235. The second kappa shape index (κ2) is 13.8. The second-order valence-electron chi connectivity index (χ2n) is 7.60. The van der Waals surface area contributed by atoms with E-state index in [1.165, 1.54) is 0 Å². The maximum Gasteiger partial charge on any atom is 0.181 e. The van der Waals surface area contributed by atoms with Gasteiger partial charge >= 0.3 is 0 Å². The summed E-state index contributed by atoms with van der Waals surface area (Å²) in [6.07, 6.45) is 0.322. The van der Waals surface area contributed by atoms with Gasteiger partial charge in [0.25, 0.3) is 0 Å². The Balaban J connectivity index is 0.000000321. The van der Waals surface area contributed by atoms with Crippen LogP contribution >= 0.6 is 0 Å². The van der Waals surface area contributed by atoms with Crippen LogP contribution in [0.5, 0.6) is 0 Å². The minimum atomic E-state index is -1.12. The molecule has 0 radical (unpaired) electrons. The van der Waals surface area contributed by atoms with Gasteiger partial charge in [0.15, 0.2) is 12.6 Å². The van der Waals surface area contributed by atoms with Gasteiger partial charge in [-0.1, -0.05) is 0 Å². The highest BCUT2D eigenvalue weighted by atomic mass is 16.7. The average Bonchev–Trinajstić information content (AvgIpc) is 2.70. The normalized spacial score (nSPS) is 42.7. The number of ether oxygens (including phenoxy) is 3. The van der Waals surface area contributed by atoms with Crippen LogP contribution in [0.3, 0.4) is 0 Å². The number of aliphatic hydroxyl groups is 5. The summed E-state index contributed by atoms with van der Waals surface area (Å²) in [7, 11) is 1.00. The molecule has 0 aromatic rings. The molecule has 1 aliphatic carbocycles. The van der Waals surface area contributed by atoms with E-state index in [0.717, 1.165) is 26.4 Å². The van der Waals surface area contributed by atoms with Crippen molar-refractivity contribution in [3.8, 4) is 0 Å². The zero-order chi connectivity index (χ0) is 22.0. The first kappa shape index (κ1) is 26.6. The maximum atomic E-state index is 10.00. The summed E-state index contributed by atoms with van der Waals surface area (Å²) in [4.78, 5) is 0. The van der Waals surface area contributed by atoms with Crippen LogP contribution in [0.2, 0.25) is 0 Å². The van der Waals surface area contributed by atoms with Crippen molar-refractivity contribution in [3.05, 3.63) is 0 Å². The summed E-state index contributed by atoms with van der Waals surface area (Å²) < 4.78 is 16.1. The van der Waals surface area contributed by atoms with Gasteiger partial charge < -0.3 is 56.9 Å². The second-order valence-corrected chi connectivity index (χ2v) is 7.60. The van der Waals surface area contributed by atoms with E-state index in [-0.39, 0.29) is 43.6 Å². The Kier molecular flexibility index (Phi) is 12.6. The van der Waals surface area contributed by atoms with Gasteiger partial charge in [-0.25, -0.2) is 0 Å². The van der Waals surface area contributed by atoms with Crippen molar-refractivity contribution in [2.75, 3.05) is 20.3 Å². The third-order valence-electron chi connectivity index (χ3n) is 5.10. The first-order chi connectivity index (χ1) is 13.8. The molecule has 7 unspecified atom stereocenters. The quantitative estimate of drug-likeness (QED) is 0.230. The molecule has 9 atom stereocenters. The molecule has 11 N–H and O–H groups in total. The van der Waals surface area contributed by atoms with Gasteiger partial charge in [0, 0.05) is 32.2 Å². The minimum absolute atomic E-state index is 0.0427. The van der Waals surface area contributed by atoms with Gasteiger partial charge in [0.1, 0.15) is 12.2 Å². The Morgan fingerprint density at radius 1 is 0.966 bits per heavy atom. The molecule has 0 amide bonds. The fraction of sp³-hybridized carbons (Fsp3) is 1.00. The first-order valence-electron chi connectivity index (χ1n) is 10.1. The highest BCUT2D eigenvalue weighted by molar-refractivity contribution is 4.91. The van der Waals surface area contributed by atoms with E-state index in [0.29, 0.717) is 19.4 Å². The van der Waals surface area contributed by atoms with Crippen LogP contribution < -0.4 is 17.2 Å². The van der Waals surface area contributed by atoms with Crippen molar-refractivity contribution >= 4 is 0 Å². The number of rotatable bonds is 3. The van der Waals surface area contributed by atoms with E-state index in [9.17, 15) is 5.11 Å². The zero-order valence-corrected chi connectivity index (χ0v) is 17.0. The van der Waals surface area contributed by atoms with Crippen LogP contribution in [0, 0.1) is 0 Å². The van der Waals surface area contributed by atoms with Gasteiger partial charge in [-0.05, 0) is 32.1 Å². The molecule has 2 heterocycles. The molecular weight excluding hydrogens is 386 g/mol. The van der Waals surface area contributed by atoms with E-state index < -0.39 is 24.6 Å². The van der Waals surface area contributed by atoms with Crippen LogP contribution in [0.1, 0.15) is 38.5 Å². The van der Waals surface area contributed by atoms with Crippen molar-refractivity contribution in [2.45, 2.75) is 93.7 Å². The highest BCUT2D eigenvalue weighted by Crippen LogP contribution is 2.26. The number of nitrogens with two attached hydrogens (primary N) is 3. The van der Waals surface area contributed by atoms with Crippen molar-refractivity contribution in [2.24, 2.45) is 17.2 Å². The third-order valence-corrected chi connectivity index (χ3v) is 5.10. The summed E-state index contributed by atoms with van der Waals surface area (Å²) in [5.74, 6) is 0. The fourth-order valence-electron chi connectivity index (χ4n) is 3.60. The first-order valence-corrected chi connectivity index (χ1v) is 10.1. The fourth-order valence-corrected chi connectivity index (χ4v) is 3.60. The Labute approximate surface area is 171 Å². The van der Waals surface area contributed by atoms with Gasteiger partial charge in [0.05, 0.1) is 24.9 Å². The number of hydrogen-bond acceptors (Lipinski definition) is 11. The number of hydrogen-bond donors (Lipinski definition) is 8. The van der Waals surface area contributed by atoms with Crippen LogP contribution in [0.15, 0.2) is 0 Å². The molecule has 174 valence electrons. The molecule has 29 heavy (non-hydrogen) atoms. The van der Waals surface area contributed by atoms with Gasteiger partial charge in [-0.3, -0.25) is 0 Å². The van der Waals surface area contributed by atoms with E-state index in [1.54, 1.807) is 0 Å². The lowest BCUT2D eigenvalue weighted by atomic mass is 9.87. The van der Waals surface area contributed by atoms with Crippen LogP contribution in [-0.4, -0.2) is 101 Å². The zero-order valence-electron chi connectivity index (χ0n) is 17.0. The number of aliphatic hydroxyl groups excluding tert-OH is 5. The van der Waals surface area contributed by atoms with Gasteiger partial charge in [-0.15, -0.1) is 0 Å². The van der Waals surface area contributed by atoms with Crippen molar-refractivity contribution < 1.29 is 39.7 Å². The Bertz CT molecular complexity index is 424. The van der Waals surface area contributed by atoms with Crippen molar-refractivity contribution in [1.82, 2.24) is 0 Å². The molecule has 3 rings (SSSR count). The highest BCUT2D eigenvalue weighted by Gasteiger charge is 2.37. The van der Waals surface area contributed by atoms with Crippen molar-refractivity contribution in [3.63, 3.8) is 0 Å².